The van der Waals surface area contributed by atoms with Crippen molar-refractivity contribution >= 4 is 23.5 Å². The van der Waals surface area contributed by atoms with E-state index in [1.807, 2.05) is 31.2 Å². The van der Waals surface area contributed by atoms with Gasteiger partial charge in [-0.05, 0) is 23.6 Å². The van der Waals surface area contributed by atoms with E-state index in [1.54, 1.807) is 34.9 Å². The maximum Gasteiger partial charge on any atom is 0.326 e. The van der Waals surface area contributed by atoms with Crippen LogP contribution < -0.4 is 5.32 Å². The number of rotatable bonds is 11. The maximum atomic E-state index is 14.8. The maximum absolute atomic E-state index is 14.8. The zero-order chi connectivity index (χ0) is 23.8. The van der Waals surface area contributed by atoms with Crippen LogP contribution in [0.25, 0.3) is 0 Å². The molecule has 174 valence electrons. The number of aromatic nitrogens is 2. The SMILES string of the molecule is CCCCc1nc(F)c(CC(=O)N[C@@H](Cc2ccccc2)C(=O)O)n1Cc1ccccc1Cl. The summed E-state index contributed by atoms with van der Waals surface area (Å²) in [4.78, 5) is 28.5. The van der Waals surface area contributed by atoms with E-state index < -0.39 is 23.9 Å². The highest BCUT2D eigenvalue weighted by molar-refractivity contribution is 6.31. The Bertz CT molecular complexity index is 1100. The third kappa shape index (κ3) is 6.65. The van der Waals surface area contributed by atoms with Gasteiger partial charge in [0.25, 0.3) is 0 Å². The van der Waals surface area contributed by atoms with Crippen molar-refractivity contribution in [2.45, 2.75) is 51.6 Å². The number of hydrogen-bond acceptors (Lipinski definition) is 3. The van der Waals surface area contributed by atoms with Crippen LogP contribution in [0.3, 0.4) is 0 Å². The molecule has 0 aliphatic heterocycles. The Balaban J connectivity index is 1.82. The number of halogens is 2. The molecule has 2 N–H and O–H groups in total. The molecular formula is C25H27ClFN3O3. The van der Waals surface area contributed by atoms with Gasteiger partial charge in [-0.3, -0.25) is 4.79 Å². The van der Waals surface area contributed by atoms with Gasteiger partial charge in [0.2, 0.25) is 11.9 Å². The summed E-state index contributed by atoms with van der Waals surface area (Å²) >= 11 is 6.30. The van der Waals surface area contributed by atoms with Gasteiger partial charge in [0.05, 0.1) is 18.7 Å². The van der Waals surface area contributed by atoms with Gasteiger partial charge in [0.15, 0.2) is 0 Å². The van der Waals surface area contributed by atoms with Gasteiger partial charge >= 0.3 is 5.97 Å². The quantitative estimate of drug-likeness (QED) is 0.433. The molecule has 3 rings (SSSR count). The normalized spacial score (nSPS) is 11.8. The van der Waals surface area contributed by atoms with Gasteiger partial charge in [-0.2, -0.15) is 4.39 Å². The number of carbonyl (C=O) groups excluding carboxylic acids is 1. The minimum atomic E-state index is -1.15. The summed E-state index contributed by atoms with van der Waals surface area (Å²) < 4.78 is 16.5. The molecule has 0 aliphatic carbocycles. The Morgan fingerprint density at radius 2 is 1.85 bits per heavy atom. The predicted molar refractivity (Wildman–Crippen MR) is 125 cm³/mol. The molecule has 0 bridgehead atoms. The molecule has 1 atom stereocenters. The van der Waals surface area contributed by atoms with E-state index in [2.05, 4.69) is 10.3 Å². The number of nitrogens with one attached hydrogen (secondary N) is 1. The monoisotopic (exact) mass is 471 g/mol. The fourth-order valence-corrected chi connectivity index (χ4v) is 3.83. The number of nitrogens with zero attached hydrogens (tertiary/aromatic N) is 2. The van der Waals surface area contributed by atoms with Gasteiger partial charge < -0.3 is 15.0 Å². The zero-order valence-corrected chi connectivity index (χ0v) is 19.2. The van der Waals surface area contributed by atoms with Crippen molar-refractivity contribution in [3.63, 3.8) is 0 Å². The number of carboxylic acid groups (broad SMARTS) is 1. The lowest BCUT2D eigenvalue weighted by Gasteiger charge is -2.16. The Morgan fingerprint density at radius 1 is 1.15 bits per heavy atom. The van der Waals surface area contributed by atoms with Crippen LogP contribution in [-0.2, 0) is 35.4 Å². The molecule has 2 aromatic carbocycles. The highest BCUT2D eigenvalue weighted by Gasteiger charge is 2.24. The Morgan fingerprint density at radius 3 is 2.52 bits per heavy atom. The van der Waals surface area contributed by atoms with Crippen molar-refractivity contribution in [1.82, 2.24) is 14.9 Å². The van der Waals surface area contributed by atoms with Crippen molar-refractivity contribution in [3.8, 4) is 0 Å². The summed E-state index contributed by atoms with van der Waals surface area (Å²) in [6.45, 7) is 2.30. The van der Waals surface area contributed by atoms with Crippen LogP contribution in [0.5, 0.6) is 0 Å². The first-order valence-corrected chi connectivity index (χ1v) is 11.3. The number of hydrogen-bond donors (Lipinski definition) is 2. The molecule has 0 radical (unpaired) electrons. The second-order valence-electron chi connectivity index (χ2n) is 7.87. The number of amides is 1. The number of aliphatic carboxylic acids is 1. The third-order valence-corrected chi connectivity index (χ3v) is 5.76. The summed E-state index contributed by atoms with van der Waals surface area (Å²) in [5.74, 6) is -1.92. The van der Waals surface area contributed by atoms with Crippen LogP contribution in [0.15, 0.2) is 54.6 Å². The topological polar surface area (TPSA) is 84.2 Å². The Kier molecular flexibility index (Phi) is 8.60. The molecular weight excluding hydrogens is 445 g/mol. The lowest BCUT2D eigenvalue weighted by Crippen LogP contribution is -2.43. The standard InChI is InChI=1S/C25H27ClFN3O3/c1-2-3-13-22-29-24(27)21(30(22)16-18-11-7-8-12-19(18)26)15-23(31)28-20(25(32)33)14-17-9-5-4-6-10-17/h4-12,20H,2-3,13-16H2,1H3,(H,28,31)(H,32,33)/t20-/m0/s1. The van der Waals surface area contributed by atoms with Gasteiger partial charge in [0, 0.05) is 17.9 Å². The van der Waals surface area contributed by atoms with Crippen molar-refractivity contribution in [3.05, 3.63) is 88.2 Å². The van der Waals surface area contributed by atoms with E-state index in [-0.39, 0.29) is 25.1 Å². The number of unbranched alkanes of at least 4 members (excludes halogenated alkanes) is 1. The van der Waals surface area contributed by atoms with E-state index in [4.69, 9.17) is 11.6 Å². The Hall–Kier alpha value is -3.19. The molecule has 33 heavy (non-hydrogen) atoms. The lowest BCUT2D eigenvalue weighted by atomic mass is 10.1. The second-order valence-corrected chi connectivity index (χ2v) is 8.28. The Labute approximate surface area is 197 Å². The molecule has 0 unspecified atom stereocenters. The van der Waals surface area contributed by atoms with Crippen LogP contribution in [0.1, 0.15) is 42.4 Å². The van der Waals surface area contributed by atoms with E-state index >= 15 is 0 Å². The molecule has 0 fully saturated rings. The number of imidazole rings is 1. The van der Waals surface area contributed by atoms with E-state index in [9.17, 15) is 19.1 Å². The van der Waals surface area contributed by atoms with Crippen molar-refractivity contribution in [2.75, 3.05) is 0 Å². The van der Waals surface area contributed by atoms with Crippen LogP contribution in [0, 0.1) is 5.95 Å². The number of carboxylic acids is 1. The fraction of sp³-hybridized carbons (Fsp3) is 0.320. The summed E-state index contributed by atoms with van der Waals surface area (Å²) in [6.07, 6.45) is 2.10. The first-order chi connectivity index (χ1) is 15.9. The molecule has 0 aliphatic rings. The van der Waals surface area contributed by atoms with E-state index in [1.165, 1.54) is 0 Å². The molecule has 0 saturated carbocycles. The number of carbonyl (C=O) groups is 2. The minimum Gasteiger partial charge on any atom is -0.480 e. The second kappa shape index (κ2) is 11.6. The van der Waals surface area contributed by atoms with Crippen molar-refractivity contribution < 1.29 is 19.1 Å². The van der Waals surface area contributed by atoms with E-state index in [0.717, 1.165) is 24.0 Å². The average Bonchev–Trinajstić information content (AvgIpc) is 3.08. The molecule has 0 saturated heterocycles. The zero-order valence-electron chi connectivity index (χ0n) is 18.4. The molecule has 8 heteroatoms. The highest BCUT2D eigenvalue weighted by Crippen LogP contribution is 2.21. The first-order valence-electron chi connectivity index (χ1n) is 10.9. The summed E-state index contributed by atoms with van der Waals surface area (Å²) in [7, 11) is 0. The van der Waals surface area contributed by atoms with Gasteiger partial charge in [0.1, 0.15) is 11.9 Å². The average molecular weight is 472 g/mol. The molecule has 3 aromatic rings. The molecule has 1 amide bonds. The van der Waals surface area contributed by atoms with Crippen LogP contribution >= 0.6 is 11.6 Å². The molecule has 6 nitrogen and oxygen atoms in total. The van der Waals surface area contributed by atoms with Gasteiger partial charge in [-0.25, -0.2) is 9.78 Å². The fourth-order valence-electron chi connectivity index (χ4n) is 3.63. The van der Waals surface area contributed by atoms with Crippen molar-refractivity contribution in [1.29, 1.82) is 0 Å². The van der Waals surface area contributed by atoms with Crippen LogP contribution in [-0.4, -0.2) is 32.6 Å². The summed E-state index contributed by atoms with van der Waals surface area (Å²) in [5.41, 5.74) is 1.67. The minimum absolute atomic E-state index is 0.113. The van der Waals surface area contributed by atoms with E-state index in [0.29, 0.717) is 17.3 Å². The largest absolute Gasteiger partial charge is 0.480 e. The third-order valence-electron chi connectivity index (χ3n) is 5.39. The van der Waals surface area contributed by atoms with Crippen LogP contribution in [0.2, 0.25) is 5.02 Å². The van der Waals surface area contributed by atoms with Crippen LogP contribution in [0.4, 0.5) is 4.39 Å². The van der Waals surface area contributed by atoms with Crippen molar-refractivity contribution in [2.24, 2.45) is 0 Å². The highest BCUT2D eigenvalue weighted by atomic mass is 35.5. The first kappa shape index (κ1) is 24.5. The summed E-state index contributed by atoms with van der Waals surface area (Å²) in [5, 5.41) is 12.6. The number of aryl methyl sites for hydroxylation is 1. The number of benzene rings is 2. The summed E-state index contributed by atoms with van der Waals surface area (Å²) in [6, 6.07) is 15.1. The molecule has 1 heterocycles. The van der Waals surface area contributed by atoms with Gasteiger partial charge in [-0.15, -0.1) is 0 Å². The lowest BCUT2D eigenvalue weighted by molar-refractivity contribution is -0.141. The molecule has 0 spiro atoms. The predicted octanol–water partition coefficient (Wildman–Crippen LogP) is 4.42. The smallest absolute Gasteiger partial charge is 0.326 e. The molecule has 1 aromatic heterocycles. The van der Waals surface area contributed by atoms with Gasteiger partial charge in [-0.1, -0.05) is 73.5 Å².